The molecule has 1 aromatic carbocycles. The van der Waals surface area contributed by atoms with Crippen LogP contribution in [0.25, 0.3) is 0 Å². The third kappa shape index (κ3) is 2.38. The second-order valence-electron chi connectivity index (χ2n) is 3.33. The minimum Gasteiger partial charge on any atom is -0.505 e. The van der Waals surface area contributed by atoms with Crippen LogP contribution in [0.15, 0.2) is 24.8 Å². The van der Waals surface area contributed by atoms with Crippen LogP contribution in [0.1, 0.15) is 28.4 Å². The third-order valence-electron chi connectivity index (χ3n) is 2.16. The van der Waals surface area contributed by atoms with E-state index in [1.807, 2.05) is 0 Å². The minimum absolute atomic E-state index is 0.0669. The van der Waals surface area contributed by atoms with Gasteiger partial charge in [0.25, 0.3) is 0 Å². The minimum atomic E-state index is -1.27. The van der Waals surface area contributed by atoms with Gasteiger partial charge in [0.05, 0.1) is 5.56 Å². The second-order valence-corrected chi connectivity index (χ2v) is 3.33. The van der Waals surface area contributed by atoms with E-state index in [9.17, 15) is 14.3 Å². The van der Waals surface area contributed by atoms with Crippen molar-refractivity contribution in [1.29, 1.82) is 0 Å². The summed E-state index contributed by atoms with van der Waals surface area (Å²) in [6.07, 6.45) is 1.82. The Bertz CT molecular complexity index is 431. The van der Waals surface area contributed by atoms with Crippen LogP contribution >= 0.6 is 0 Å². The number of benzene rings is 1. The SMILES string of the molecule is C=CC[C@@H](N)c1cc(C(=O)O)cc(F)c1O. The Hall–Kier alpha value is -1.88. The number of nitrogens with two attached hydrogens (primary N) is 1. The summed E-state index contributed by atoms with van der Waals surface area (Å²) >= 11 is 0. The highest BCUT2D eigenvalue weighted by molar-refractivity contribution is 5.88. The Morgan fingerprint density at radius 2 is 2.25 bits per heavy atom. The Morgan fingerprint density at radius 3 is 2.75 bits per heavy atom. The molecule has 86 valence electrons. The van der Waals surface area contributed by atoms with E-state index in [-0.39, 0.29) is 11.1 Å². The normalized spacial score (nSPS) is 12.1. The van der Waals surface area contributed by atoms with Gasteiger partial charge in [0, 0.05) is 11.6 Å². The fourth-order valence-corrected chi connectivity index (χ4v) is 1.33. The summed E-state index contributed by atoms with van der Waals surface area (Å²) in [6, 6.07) is 1.24. The molecule has 4 N–H and O–H groups in total. The standard InChI is InChI=1S/C11H12FNO3/c1-2-3-9(13)7-4-6(11(15)16)5-8(12)10(7)14/h2,4-5,9,14H,1,3,13H2,(H,15,16)/t9-/m1/s1. The second kappa shape index (κ2) is 4.76. The zero-order valence-electron chi connectivity index (χ0n) is 8.48. The van der Waals surface area contributed by atoms with Crippen molar-refractivity contribution in [2.45, 2.75) is 12.5 Å². The molecule has 0 saturated heterocycles. The topological polar surface area (TPSA) is 83.6 Å². The number of aromatic carboxylic acids is 1. The Kier molecular flexibility index (Phi) is 3.63. The zero-order chi connectivity index (χ0) is 12.3. The van der Waals surface area contributed by atoms with Crippen molar-refractivity contribution in [3.05, 3.63) is 41.7 Å². The summed E-state index contributed by atoms with van der Waals surface area (Å²) in [5.41, 5.74) is 5.47. The number of aromatic hydroxyl groups is 1. The molecule has 0 aliphatic heterocycles. The van der Waals surface area contributed by atoms with Gasteiger partial charge in [0.15, 0.2) is 11.6 Å². The number of carboxylic acids is 1. The van der Waals surface area contributed by atoms with Crippen LogP contribution in [0.3, 0.4) is 0 Å². The van der Waals surface area contributed by atoms with Crippen molar-refractivity contribution in [3.63, 3.8) is 0 Å². The van der Waals surface area contributed by atoms with E-state index < -0.39 is 23.6 Å². The van der Waals surface area contributed by atoms with Gasteiger partial charge in [-0.15, -0.1) is 6.58 Å². The van der Waals surface area contributed by atoms with E-state index in [2.05, 4.69) is 6.58 Å². The highest BCUT2D eigenvalue weighted by Crippen LogP contribution is 2.29. The lowest BCUT2D eigenvalue weighted by atomic mass is 10.0. The summed E-state index contributed by atoms with van der Waals surface area (Å²) in [5.74, 6) is -2.88. The molecule has 0 saturated carbocycles. The third-order valence-corrected chi connectivity index (χ3v) is 2.16. The van der Waals surface area contributed by atoms with E-state index in [4.69, 9.17) is 10.8 Å². The molecule has 0 aliphatic carbocycles. The molecule has 0 heterocycles. The summed E-state index contributed by atoms with van der Waals surface area (Å²) in [6.45, 7) is 3.46. The fraction of sp³-hybridized carbons (Fsp3) is 0.182. The Balaban J connectivity index is 3.26. The lowest BCUT2D eigenvalue weighted by Crippen LogP contribution is -2.11. The molecule has 0 bridgehead atoms. The summed E-state index contributed by atoms with van der Waals surface area (Å²) in [7, 11) is 0. The van der Waals surface area contributed by atoms with Gasteiger partial charge in [0.1, 0.15) is 0 Å². The maximum absolute atomic E-state index is 13.2. The van der Waals surface area contributed by atoms with Crippen molar-refractivity contribution in [2.75, 3.05) is 0 Å². The molecule has 0 radical (unpaired) electrons. The number of carboxylic acid groups (broad SMARTS) is 1. The van der Waals surface area contributed by atoms with Crippen LogP contribution in [0, 0.1) is 5.82 Å². The van der Waals surface area contributed by atoms with Crippen LogP contribution in [0.4, 0.5) is 4.39 Å². The summed E-state index contributed by atoms with van der Waals surface area (Å²) in [5, 5.41) is 18.1. The first-order valence-electron chi connectivity index (χ1n) is 4.59. The highest BCUT2D eigenvalue weighted by atomic mass is 19.1. The van der Waals surface area contributed by atoms with Gasteiger partial charge < -0.3 is 15.9 Å². The number of hydrogen-bond acceptors (Lipinski definition) is 3. The molecule has 0 aromatic heterocycles. The van der Waals surface area contributed by atoms with Crippen molar-refractivity contribution in [3.8, 4) is 5.75 Å². The van der Waals surface area contributed by atoms with Crippen LogP contribution in [-0.2, 0) is 0 Å². The lowest BCUT2D eigenvalue weighted by Gasteiger charge is -2.12. The van der Waals surface area contributed by atoms with Crippen molar-refractivity contribution >= 4 is 5.97 Å². The molecule has 5 heteroatoms. The van der Waals surface area contributed by atoms with Gasteiger partial charge in [0.2, 0.25) is 0 Å². The van der Waals surface area contributed by atoms with Gasteiger partial charge in [-0.25, -0.2) is 9.18 Å². The van der Waals surface area contributed by atoms with E-state index in [0.29, 0.717) is 6.42 Å². The van der Waals surface area contributed by atoms with Crippen LogP contribution in [-0.4, -0.2) is 16.2 Å². The molecule has 4 nitrogen and oxygen atoms in total. The number of phenolic OH excluding ortho intramolecular Hbond substituents is 1. The van der Waals surface area contributed by atoms with E-state index in [1.54, 1.807) is 0 Å². The van der Waals surface area contributed by atoms with E-state index >= 15 is 0 Å². The van der Waals surface area contributed by atoms with Crippen molar-refractivity contribution in [2.24, 2.45) is 5.73 Å². The molecule has 0 unspecified atom stereocenters. The number of phenols is 1. The first-order valence-corrected chi connectivity index (χ1v) is 4.59. The van der Waals surface area contributed by atoms with Gasteiger partial charge in [-0.05, 0) is 18.6 Å². The molecular formula is C11H12FNO3. The molecule has 0 aliphatic rings. The van der Waals surface area contributed by atoms with Gasteiger partial charge in [-0.2, -0.15) is 0 Å². The van der Waals surface area contributed by atoms with E-state index in [0.717, 1.165) is 12.1 Å². The molecule has 0 spiro atoms. The van der Waals surface area contributed by atoms with Gasteiger partial charge >= 0.3 is 5.97 Å². The summed E-state index contributed by atoms with van der Waals surface area (Å²) < 4.78 is 13.2. The highest BCUT2D eigenvalue weighted by Gasteiger charge is 2.17. The molecule has 1 rings (SSSR count). The lowest BCUT2D eigenvalue weighted by molar-refractivity contribution is 0.0696. The molecule has 0 amide bonds. The van der Waals surface area contributed by atoms with E-state index in [1.165, 1.54) is 6.08 Å². The van der Waals surface area contributed by atoms with Crippen LogP contribution in [0.2, 0.25) is 0 Å². The predicted octanol–water partition coefficient (Wildman–Crippen LogP) is 1.81. The van der Waals surface area contributed by atoms with Crippen LogP contribution < -0.4 is 5.73 Å². The molecule has 0 fully saturated rings. The zero-order valence-corrected chi connectivity index (χ0v) is 8.48. The number of carbonyl (C=O) groups is 1. The number of halogens is 1. The van der Waals surface area contributed by atoms with Gasteiger partial charge in [-0.1, -0.05) is 6.08 Å². The monoisotopic (exact) mass is 225 g/mol. The average molecular weight is 225 g/mol. The maximum Gasteiger partial charge on any atom is 0.335 e. The largest absolute Gasteiger partial charge is 0.505 e. The van der Waals surface area contributed by atoms with Gasteiger partial charge in [-0.3, -0.25) is 0 Å². The van der Waals surface area contributed by atoms with Crippen LogP contribution in [0.5, 0.6) is 5.75 Å². The number of rotatable bonds is 4. The molecule has 1 atom stereocenters. The first-order chi connectivity index (χ1) is 7.47. The first kappa shape index (κ1) is 12.2. The number of hydrogen-bond donors (Lipinski definition) is 3. The average Bonchev–Trinajstić information content (AvgIpc) is 2.21. The maximum atomic E-state index is 13.2. The Morgan fingerprint density at radius 1 is 1.62 bits per heavy atom. The van der Waals surface area contributed by atoms with Crippen molar-refractivity contribution in [1.82, 2.24) is 0 Å². The molecular weight excluding hydrogens is 213 g/mol. The predicted molar refractivity (Wildman–Crippen MR) is 56.8 cm³/mol. The Labute approximate surface area is 91.8 Å². The quantitative estimate of drug-likeness (QED) is 0.682. The smallest absolute Gasteiger partial charge is 0.335 e. The fourth-order valence-electron chi connectivity index (χ4n) is 1.33. The molecule has 1 aromatic rings. The summed E-state index contributed by atoms with van der Waals surface area (Å²) in [4.78, 5) is 10.7. The molecule has 16 heavy (non-hydrogen) atoms. The van der Waals surface area contributed by atoms with Crippen molar-refractivity contribution < 1.29 is 19.4 Å².